The molecule has 7 heteroatoms. The van der Waals surface area contributed by atoms with E-state index in [1.54, 1.807) is 33.1 Å². The van der Waals surface area contributed by atoms with Crippen molar-refractivity contribution in [3.8, 4) is 5.75 Å². The Labute approximate surface area is 177 Å². The van der Waals surface area contributed by atoms with Crippen molar-refractivity contribution in [1.82, 2.24) is 4.98 Å². The van der Waals surface area contributed by atoms with E-state index in [0.717, 1.165) is 5.56 Å². The number of rotatable bonds is 8. The number of carbonyl (C=O) groups is 1. The van der Waals surface area contributed by atoms with Crippen LogP contribution in [-0.4, -0.2) is 38.8 Å². The third-order valence-electron chi connectivity index (χ3n) is 5.27. The molecule has 0 saturated heterocycles. The van der Waals surface area contributed by atoms with Crippen molar-refractivity contribution in [2.75, 3.05) is 19.5 Å². The molecule has 0 fully saturated rings. The van der Waals surface area contributed by atoms with Crippen LogP contribution in [0.5, 0.6) is 5.75 Å². The molecule has 160 valence electrons. The minimum Gasteiger partial charge on any atom is -0.496 e. The van der Waals surface area contributed by atoms with Crippen LogP contribution in [0.15, 0.2) is 47.4 Å². The van der Waals surface area contributed by atoms with Crippen molar-refractivity contribution in [2.24, 2.45) is 0 Å². The summed E-state index contributed by atoms with van der Waals surface area (Å²) in [5.41, 5.74) is 2.65. The van der Waals surface area contributed by atoms with E-state index in [9.17, 15) is 13.2 Å². The molecule has 1 unspecified atom stereocenters. The summed E-state index contributed by atoms with van der Waals surface area (Å²) in [5, 5.41) is 0.563. The fourth-order valence-electron chi connectivity index (χ4n) is 3.76. The van der Waals surface area contributed by atoms with Gasteiger partial charge in [-0.15, -0.1) is 0 Å². The van der Waals surface area contributed by atoms with Crippen molar-refractivity contribution in [2.45, 2.75) is 38.0 Å². The molecule has 0 aliphatic carbocycles. The standard InChI is InChI=1S/C23H27NO5S/c1-5-29-23(25)17(14-16-10-8-7-9-11-16)21-22(30(26,27)6-2)20-15(3)19(28-4)13-12-18(20)24-21/h7-13,17,24H,5-6,14H2,1-4H3. The molecule has 1 N–H and O–H groups in total. The van der Waals surface area contributed by atoms with Gasteiger partial charge in [0.15, 0.2) is 9.84 Å². The Morgan fingerprint density at radius 1 is 1.10 bits per heavy atom. The maximum Gasteiger partial charge on any atom is 0.315 e. The first-order chi connectivity index (χ1) is 14.3. The second-order valence-corrected chi connectivity index (χ2v) is 9.30. The third-order valence-corrected chi connectivity index (χ3v) is 7.08. The number of hydrogen-bond acceptors (Lipinski definition) is 5. The Kier molecular flexibility index (Phi) is 6.51. The van der Waals surface area contributed by atoms with Crippen LogP contribution in [0.25, 0.3) is 10.9 Å². The Hall–Kier alpha value is -2.80. The lowest BCUT2D eigenvalue weighted by Gasteiger charge is -2.17. The third kappa shape index (κ3) is 4.07. The highest BCUT2D eigenvalue weighted by Gasteiger charge is 2.33. The second-order valence-electron chi connectivity index (χ2n) is 7.08. The Morgan fingerprint density at radius 2 is 1.80 bits per heavy atom. The highest BCUT2D eigenvalue weighted by molar-refractivity contribution is 7.91. The van der Waals surface area contributed by atoms with Crippen molar-refractivity contribution < 1.29 is 22.7 Å². The lowest BCUT2D eigenvalue weighted by molar-refractivity contribution is -0.145. The van der Waals surface area contributed by atoms with E-state index >= 15 is 0 Å². The van der Waals surface area contributed by atoms with Crippen molar-refractivity contribution in [3.63, 3.8) is 0 Å². The number of ether oxygens (including phenoxy) is 2. The lowest BCUT2D eigenvalue weighted by atomic mass is 9.96. The predicted molar refractivity (Wildman–Crippen MR) is 117 cm³/mol. The number of hydrogen-bond donors (Lipinski definition) is 1. The molecule has 0 aliphatic heterocycles. The van der Waals surface area contributed by atoms with Gasteiger partial charge in [-0.2, -0.15) is 0 Å². The number of H-pyrrole nitrogens is 1. The zero-order chi connectivity index (χ0) is 21.9. The average molecular weight is 430 g/mol. The molecule has 1 atom stereocenters. The quantitative estimate of drug-likeness (QED) is 0.543. The van der Waals surface area contributed by atoms with Gasteiger partial charge in [-0.3, -0.25) is 4.79 Å². The van der Waals surface area contributed by atoms with Gasteiger partial charge in [-0.05, 0) is 38.0 Å². The predicted octanol–water partition coefficient (Wildman–Crippen LogP) is 4.17. The number of nitrogens with one attached hydrogen (secondary N) is 1. The number of methoxy groups -OCH3 is 1. The van der Waals surface area contributed by atoms with Gasteiger partial charge in [0.25, 0.3) is 0 Å². The van der Waals surface area contributed by atoms with E-state index in [4.69, 9.17) is 9.47 Å². The van der Waals surface area contributed by atoms with Gasteiger partial charge >= 0.3 is 5.97 Å². The number of aromatic nitrogens is 1. The van der Waals surface area contributed by atoms with Crippen LogP contribution in [0.2, 0.25) is 0 Å². The smallest absolute Gasteiger partial charge is 0.315 e. The molecule has 30 heavy (non-hydrogen) atoms. The van der Waals surface area contributed by atoms with Gasteiger partial charge in [-0.25, -0.2) is 8.42 Å². The summed E-state index contributed by atoms with van der Waals surface area (Å²) >= 11 is 0. The van der Waals surface area contributed by atoms with Gasteiger partial charge < -0.3 is 14.5 Å². The molecule has 0 amide bonds. The van der Waals surface area contributed by atoms with E-state index in [-0.39, 0.29) is 17.3 Å². The van der Waals surface area contributed by atoms with E-state index in [2.05, 4.69) is 4.98 Å². The highest BCUT2D eigenvalue weighted by Crippen LogP contribution is 2.39. The lowest BCUT2D eigenvalue weighted by Crippen LogP contribution is -2.21. The van der Waals surface area contributed by atoms with Crippen molar-refractivity contribution >= 4 is 26.7 Å². The monoisotopic (exact) mass is 429 g/mol. The fourth-order valence-corrected chi connectivity index (χ4v) is 5.15. The van der Waals surface area contributed by atoms with Crippen LogP contribution in [0, 0.1) is 6.92 Å². The number of aromatic amines is 1. The Morgan fingerprint density at radius 3 is 2.40 bits per heavy atom. The van der Waals surface area contributed by atoms with Crippen molar-refractivity contribution in [3.05, 3.63) is 59.3 Å². The second kappa shape index (κ2) is 8.92. The molecule has 1 aromatic heterocycles. The summed E-state index contributed by atoms with van der Waals surface area (Å²) in [7, 11) is -2.09. The highest BCUT2D eigenvalue weighted by atomic mass is 32.2. The molecular formula is C23H27NO5S. The van der Waals surface area contributed by atoms with Gasteiger partial charge in [0.05, 0.1) is 24.4 Å². The molecular weight excluding hydrogens is 402 g/mol. The van der Waals surface area contributed by atoms with Gasteiger partial charge in [0.1, 0.15) is 11.7 Å². The summed E-state index contributed by atoms with van der Waals surface area (Å²) in [4.78, 5) is 16.3. The van der Waals surface area contributed by atoms with Crippen LogP contribution in [0.3, 0.4) is 0 Å². The molecule has 3 rings (SSSR count). The van der Waals surface area contributed by atoms with E-state index < -0.39 is 21.7 Å². The Bertz CT molecular complexity index is 1150. The first-order valence-corrected chi connectivity index (χ1v) is 11.6. The minimum absolute atomic E-state index is 0.0789. The summed E-state index contributed by atoms with van der Waals surface area (Å²) in [6.45, 7) is 5.38. The van der Waals surface area contributed by atoms with Crippen LogP contribution in [0.4, 0.5) is 0 Å². The molecule has 0 bridgehead atoms. The van der Waals surface area contributed by atoms with Crippen molar-refractivity contribution in [1.29, 1.82) is 0 Å². The van der Waals surface area contributed by atoms with Crippen LogP contribution in [0.1, 0.15) is 36.6 Å². The number of esters is 1. The molecule has 6 nitrogen and oxygen atoms in total. The Balaban J connectivity index is 2.30. The molecule has 0 aliphatic rings. The minimum atomic E-state index is -3.64. The summed E-state index contributed by atoms with van der Waals surface area (Å²) in [6.07, 6.45) is 0.328. The SMILES string of the molecule is CCOC(=O)C(Cc1ccccc1)c1[nH]c2ccc(OC)c(C)c2c1S(=O)(=O)CC. The molecule has 1 heterocycles. The number of aryl methyl sites for hydroxylation is 1. The summed E-state index contributed by atoms with van der Waals surface area (Å²) in [5.74, 6) is -0.715. The number of fused-ring (bicyclic) bond motifs is 1. The molecule has 3 aromatic rings. The van der Waals surface area contributed by atoms with Crippen LogP contribution >= 0.6 is 0 Å². The van der Waals surface area contributed by atoms with Gasteiger partial charge in [0, 0.05) is 22.2 Å². The largest absolute Gasteiger partial charge is 0.496 e. The van der Waals surface area contributed by atoms with E-state index in [0.29, 0.717) is 34.3 Å². The summed E-state index contributed by atoms with van der Waals surface area (Å²) < 4.78 is 37.1. The number of sulfone groups is 1. The zero-order valence-electron chi connectivity index (χ0n) is 17.7. The first-order valence-electron chi connectivity index (χ1n) is 9.96. The zero-order valence-corrected chi connectivity index (χ0v) is 18.5. The maximum absolute atomic E-state index is 13.2. The average Bonchev–Trinajstić information content (AvgIpc) is 3.14. The van der Waals surface area contributed by atoms with Crippen LogP contribution in [-0.2, 0) is 25.8 Å². The van der Waals surface area contributed by atoms with Gasteiger partial charge in [-0.1, -0.05) is 37.3 Å². The maximum atomic E-state index is 13.2. The first kappa shape index (κ1) is 21.9. The number of carbonyl (C=O) groups excluding carboxylic acids is 1. The number of benzene rings is 2. The normalized spacial score (nSPS) is 12.7. The topological polar surface area (TPSA) is 85.5 Å². The van der Waals surface area contributed by atoms with E-state index in [1.165, 1.54) is 0 Å². The van der Waals surface area contributed by atoms with E-state index in [1.807, 2.05) is 37.3 Å². The van der Waals surface area contributed by atoms with Crippen LogP contribution < -0.4 is 4.74 Å². The molecule has 0 spiro atoms. The fraction of sp³-hybridized carbons (Fsp3) is 0.348. The van der Waals surface area contributed by atoms with Gasteiger partial charge in [0.2, 0.25) is 0 Å². The molecule has 2 aromatic carbocycles. The molecule has 0 radical (unpaired) electrons. The molecule has 0 saturated carbocycles. The summed E-state index contributed by atoms with van der Waals surface area (Å²) in [6, 6.07) is 13.1.